The molecular formula is C13H21N3O2. The van der Waals surface area contributed by atoms with E-state index in [9.17, 15) is 4.79 Å². The van der Waals surface area contributed by atoms with Crippen LogP contribution in [0, 0.1) is 29.1 Å². The van der Waals surface area contributed by atoms with E-state index in [1.807, 2.05) is 0 Å². The lowest BCUT2D eigenvalue weighted by Gasteiger charge is -2.45. The van der Waals surface area contributed by atoms with Crippen LogP contribution in [0.4, 0.5) is 0 Å². The van der Waals surface area contributed by atoms with Crippen molar-refractivity contribution in [2.75, 3.05) is 26.3 Å². The van der Waals surface area contributed by atoms with Crippen LogP contribution in [-0.2, 0) is 9.53 Å². The van der Waals surface area contributed by atoms with E-state index in [0.29, 0.717) is 5.92 Å². The highest BCUT2D eigenvalue weighted by Crippen LogP contribution is 2.32. The molecule has 2 heterocycles. The fourth-order valence-corrected chi connectivity index (χ4v) is 3.14. The average Bonchev–Trinajstić information content (AvgIpc) is 2.41. The van der Waals surface area contributed by atoms with Crippen molar-refractivity contribution in [2.45, 2.75) is 26.4 Å². The van der Waals surface area contributed by atoms with E-state index in [1.54, 1.807) is 0 Å². The van der Waals surface area contributed by atoms with Crippen LogP contribution in [0.15, 0.2) is 0 Å². The molecule has 1 N–H and O–H groups in total. The second-order valence-corrected chi connectivity index (χ2v) is 5.14. The molecule has 1 amide bonds. The molecule has 5 nitrogen and oxygen atoms in total. The molecule has 5 heteroatoms. The Morgan fingerprint density at radius 2 is 2.17 bits per heavy atom. The van der Waals surface area contributed by atoms with Gasteiger partial charge in [-0.2, -0.15) is 5.26 Å². The number of hydrogen-bond donors (Lipinski definition) is 1. The van der Waals surface area contributed by atoms with Crippen LogP contribution < -0.4 is 5.32 Å². The minimum absolute atomic E-state index is 0.0518. The van der Waals surface area contributed by atoms with Crippen molar-refractivity contribution in [3.05, 3.63) is 0 Å². The van der Waals surface area contributed by atoms with Crippen molar-refractivity contribution in [3.8, 4) is 6.07 Å². The highest BCUT2D eigenvalue weighted by molar-refractivity contribution is 5.82. The Labute approximate surface area is 108 Å². The normalized spacial score (nSPS) is 37.9. The number of nitriles is 1. The van der Waals surface area contributed by atoms with Crippen LogP contribution in [-0.4, -0.2) is 43.3 Å². The molecule has 0 spiro atoms. The second kappa shape index (κ2) is 5.68. The lowest BCUT2D eigenvalue weighted by molar-refractivity contribution is -0.135. The molecular weight excluding hydrogens is 230 g/mol. The fraction of sp³-hybridized carbons (Fsp3) is 0.846. The first-order valence-corrected chi connectivity index (χ1v) is 6.70. The molecule has 2 aliphatic rings. The van der Waals surface area contributed by atoms with Crippen LogP contribution in [0.25, 0.3) is 0 Å². The summed E-state index contributed by atoms with van der Waals surface area (Å²) in [5.41, 5.74) is 0. The molecule has 0 aromatic heterocycles. The summed E-state index contributed by atoms with van der Waals surface area (Å²) < 4.78 is 5.34. The van der Waals surface area contributed by atoms with Gasteiger partial charge in [-0.15, -0.1) is 0 Å². The number of amides is 1. The number of nitrogens with zero attached hydrogens (tertiary/aromatic N) is 2. The Morgan fingerprint density at radius 1 is 1.50 bits per heavy atom. The summed E-state index contributed by atoms with van der Waals surface area (Å²) in [5.74, 6) is -0.159. The Balaban J connectivity index is 2.13. The average molecular weight is 251 g/mol. The van der Waals surface area contributed by atoms with Crippen LogP contribution in [0.1, 0.15) is 20.3 Å². The summed E-state index contributed by atoms with van der Waals surface area (Å²) in [6.07, 6.45) is 0.921. The fourth-order valence-electron chi connectivity index (χ4n) is 3.14. The van der Waals surface area contributed by atoms with E-state index in [1.165, 1.54) is 0 Å². The van der Waals surface area contributed by atoms with Crippen molar-refractivity contribution in [3.63, 3.8) is 0 Å². The molecule has 18 heavy (non-hydrogen) atoms. The van der Waals surface area contributed by atoms with Gasteiger partial charge in [-0.25, -0.2) is 0 Å². The molecule has 2 saturated heterocycles. The van der Waals surface area contributed by atoms with Gasteiger partial charge in [0.2, 0.25) is 5.91 Å². The van der Waals surface area contributed by atoms with E-state index in [0.717, 1.165) is 32.7 Å². The number of ether oxygens (including phenoxy) is 1. The Kier molecular flexibility index (Phi) is 4.20. The zero-order valence-corrected chi connectivity index (χ0v) is 11.1. The SMILES string of the molecule is CC[C@@H]1[C@H](C)[C@H](N2CCOCC2)NC(=O)[C@@H]1C#N. The molecule has 0 aromatic carbocycles. The van der Waals surface area contributed by atoms with Gasteiger partial charge in [-0.1, -0.05) is 20.3 Å². The first kappa shape index (κ1) is 13.3. The van der Waals surface area contributed by atoms with Gasteiger partial charge in [0, 0.05) is 13.1 Å². The molecule has 4 atom stereocenters. The third-order valence-corrected chi connectivity index (χ3v) is 4.22. The largest absolute Gasteiger partial charge is 0.379 e. The Hall–Kier alpha value is -1.12. The van der Waals surface area contributed by atoms with Gasteiger partial charge in [0.25, 0.3) is 0 Å². The summed E-state index contributed by atoms with van der Waals surface area (Å²) >= 11 is 0. The number of morpholine rings is 1. The van der Waals surface area contributed by atoms with Crippen molar-refractivity contribution in [1.82, 2.24) is 10.2 Å². The van der Waals surface area contributed by atoms with Gasteiger partial charge in [-0.05, 0) is 11.8 Å². The molecule has 2 aliphatic heterocycles. The lowest BCUT2D eigenvalue weighted by atomic mass is 9.76. The quantitative estimate of drug-likeness (QED) is 0.779. The lowest BCUT2D eigenvalue weighted by Crippen LogP contribution is -2.62. The summed E-state index contributed by atoms with van der Waals surface area (Å²) in [6.45, 7) is 7.33. The second-order valence-electron chi connectivity index (χ2n) is 5.14. The van der Waals surface area contributed by atoms with Crippen molar-refractivity contribution >= 4 is 5.91 Å². The topological polar surface area (TPSA) is 65.4 Å². The van der Waals surface area contributed by atoms with Crippen LogP contribution in [0.5, 0.6) is 0 Å². The van der Waals surface area contributed by atoms with E-state index in [2.05, 4.69) is 30.1 Å². The first-order valence-electron chi connectivity index (χ1n) is 6.70. The number of hydrogen-bond acceptors (Lipinski definition) is 4. The molecule has 2 fully saturated rings. The summed E-state index contributed by atoms with van der Waals surface area (Å²) in [4.78, 5) is 14.3. The van der Waals surface area contributed by atoms with Crippen molar-refractivity contribution < 1.29 is 9.53 Å². The Bertz CT molecular complexity index is 347. The van der Waals surface area contributed by atoms with Gasteiger partial charge in [-0.3, -0.25) is 9.69 Å². The highest BCUT2D eigenvalue weighted by Gasteiger charge is 2.43. The van der Waals surface area contributed by atoms with Gasteiger partial charge in [0.05, 0.1) is 25.4 Å². The molecule has 0 radical (unpaired) electrons. The zero-order valence-electron chi connectivity index (χ0n) is 11.1. The standard InChI is InChI=1S/C13H21N3O2/c1-3-10-9(2)12(15-13(17)11(10)8-14)16-4-6-18-7-5-16/h9-12H,3-7H2,1-2H3,(H,15,17)/t9-,10+,11+,12-/m0/s1. The van der Waals surface area contributed by atoms with E-state index in [-0.39, 0.29) is 18.0 Å². The number of piperidine rings is 1. The van der Waals surface area contributed by atoms with Crippen molar-refractivity contribution in [1.29, 1.82) is 5.26 Å². The van der Waals surface area contributed by atoms with Crippen LogP contribution in [0.3, 0.4) is 0 Å². The summed E-state index contributed by atoms with van der Waals surface area (Å²) in [6, 6.07) is 2.15. The smallest absolute Gasteiger partial charge is 0.238 e. The molecule has 0 aromatic rings. The Morgan fingerprint density at radius 3 is 2.72 bits per heavy atom. The molecule has 0 bridgehead atoms. The minimum atomic E-state index is -0.498. The molecule has 0 unspecified atom stereocenters. The number of rotatable bonds is 2. The molecule has 0 saturated carbocycles. The maximum absolute atomic E-state index is 12.0. The summed E-state index contributed by atoms with van der Waals surface area (Å²) in [7, 11) is 0. The van der Waals surface area contributed by atoms with Crippen LogP contribution in [0.2, 0.25) is 0 Å². The third kappa shape index (κ3) is 2.36. The zero-order chi connectivity index (χ0) is 13.1. The van der Waals surface area contributed by atoms with Crippen LogP contribution >= 0.6 is 0 Å². The van der Waals surface area contributed by atoms with Crippen molar-refractivity contribution in [2.24, 2.45) is 17.8 Å². The minimum Gasteiger partial charge on any atom is -0.379 e. The first-order chi connectivity index (χ1) is 8.69. The molecule has 100 valence electrons. The third-order valence-electron chi connectivity index (χ3n) is 4.22. The van der Waals surface area contributed by atoms with Gasteiger partial charge in [0.1, 0.15) is 5.92 Å². The molecule has 2 rings (SSSR count). The van der Waals surface area contributed by atoms with Gasteiger partial charge < -0.3 is 10.1 Å². The monoisotopic (exact) mass is 251 g/mol. The van der Waals surface area contributed by atoms with Gasteiger partial charge >= 0.3 is 0 Å². The number of nitrogens with one attached hydrogen (secondary N) is 1. The van der Waals surface area contributed by atoms with Gasteiger partial charge in [0.15, 0.2) is 0 Å². The van der Waals surface area contributed by atoms with E-state index in [4.69, 9.17) is 10.00 Å². The number of carbonyl (C=O) groups excluding carboxylic acids is 1. The predicted molar refractivity (Wildman–Crippen MR) is 66.4 cm³/mol. The maximum atomic E-state index is 12.0. The predicted octanol–water partition coefficient (Wildman–Crippen LogP) is 0.577. The molecule has 0 aliphatic carbocycles. The van der Waals surface area contributed by atoms with E-state index < -0.39 is 5.92 Å². The maximum Gasteiger partial charge on any atom is 0.238 e. The highest BCUT2D eigenvalue weighted by atomic mass is 16.5. The summed E-state index contributed by atoms with van der Waals surface area (Å²) in [5, 5.41) is 12.1. The van der Waals surface area contributed by atoms with E-state index >= 15 is 0 Å². The number of carbonyl (C=O) groups is 1.